The van der Waals surface area contributed by atoms with Crippen molar-refractivity contribution >= 4 is 20.0 Å². The molecule has 0 heterocycles. The molecule has 27 heavy (non-hydrogen) atoms. The first-order chi connectivity index (χ1) is 11.8. The Bertz CT molecular complexity index is 581. The van der Waals surface area contributed by atoms with Crippen LogP contribution in [-0.2, 0) is 20.0 Å². The lowest BCUT2D eigenvalue weighted by atomic mass is 10.1. The summed E-state index contributed by atoms with van der Waals surface area (Å²) in [5.41, 5.74) is -12.3. The van der Waals surface area contributed by atoms with Crippen LogP contribution in [0, 0.1) is 0 Å². The largest absolute Gasteiger partial charge is 0.512 e. The molecule has 0 aromatic heterocycles. The van der Waals surface area contributed by atoms with Gasteiger partial charge < -0.3 is 4.48 Å². The minimum absolute atomic E-state index is 0.493. The van der Waals surface area contributed by atoms with E-state index in [4.69, 9.17) is 0 Å². The Kier molecular flexibility index (Phi) is 11.5. The van der Waals surface area contributed by atoms with Gasteiger partial charge in [0.1, 0.15) is 0 Å². The summed E-state index contributed by atoms with van der Waals surface area (Å²) in [4.78, 5) is 0. The maximum absolute atomic E-state index is 11.5. The molecule has 0 aliphatic rings. The van der Waals surface area contributed by atoms with Gasteiger partial charge in [0.05, 0.1) is 27.7 Å². The number of nitrogens with zero attached hydrogens (tertiary/aromatic N) is 1. The second kappa shape index (κ2) is 10.8. The first-order valence-electron chi connectivity index (χ1n) is 7.98. The van der Waals surface area contributed by atoms with E-state index >= 15 is 0 Å². The van der Waals surface area contributed by atoms with E-state index in [9.17, 15) is 43.2 Å². The number of sulfonamides is 2. The van der Waals surface area contributed by atoms with Crippen molar-refractivity contribution in [3.63, 3.8) is 0 Å². The molecule has 0 radical (unpaired) electrons. The number of rotatable bonds is 9. The predicted molar refractivity (Wildman–Crippen MR) is 89.4 cm³/mol. The van der Waals surface area contributed by atoms with Crippen molar-refractivity contribution in [2.75, 3.05) is 27.7 Å². The van der Waals surface area contributed by atoms with Crippen LogP contribution in [0.25, 0.3) is 0 Å². The zero-order valence-electron chi connectivity index (χ0n) is 15.6. The van der Waals surface area contributed by atoms with Crippen LogP contribution in [0.15, 0.2) is 0 Å². The third-order valence-electron chi connectivity index (χ3n) is 3.01. The first kappa shape index (κ1) is 28.6. The topological polar surface area (TPSA) is 80.3 Å². The van der Waals surface area contributed by atoms with Crippen molar-refractivity contribution in [2.24, 2.45) is 0 Å². The van der Waals surface area contributed by atoms with Gasteiger partial charge in [-0.25, -0.2) is 16.8 Å². The third kappa shape index (κ3) is 13.2. The summed E-state index contributed by atoms with van der Waals surface area (Å²) in [5.74, 6) is 0. The average molecular weight is 453 g/mol. The lowest BCUT2D eigenvalue weighted by Gasteiger charge is -2.23. The lowest BCUT2D eigenvalue weighted by Crippen LogP contribution is -2.45. The Morgan fingerprint density at radius 2 is 1.04 bits per heavy atom. The number of alkyl halides is 6. The molecule has 0 aromatic rings. The van der Waals surface area contributed by atoms with Gasteiger partial charge >= 0.3 is 31.1 Å². The molecule has 1 N–H and O–H groups in total. The van der Waals surface area contributed by atoms with Crippen molar-refractivity contribution in [3.05, 3.63) is 0 Å². The van der Waals surface area contributed by atoms with Gasteiger partial charge in [-0.1, -0.05) is 36.7 Å². The minimum Gasteiger partial charge on any atom is -0.331 e. The lowest BCUT2D eigenvalue weighted by molar-refractivity contribution is -0.870. The van der Waals surface area contributed by atoms with Crippen LogP contribution < -0.4 is 4.13 Å². The Hall–Kier alpha value is -0.600. The van der Waals surface area contributed by atoms with Crippen LogP contribution in [0.3, 0.4) is 0 Å². The van der Waals surface area contributed by atoms with Crippen LogP contribution >= 0.6 is 0 Å². The van der Waals surface area contributed by atoms with Crippen LogP contribution in [0.5, 0.6) is 0 Å². The summed E-state index contributed by atoms with van der Waals surface area (Å²) in [6.45, 7) is 3.60. The molecular formula is C13H27F6N2O4S2+. The van der Waals surface area contributed by atoms with Crippen molar-refractivity contribution in [1.29, 1.82) is 0 Å². The molecule has 0 atom stereocenters. The predicted octanol–water partition coefficient (Wildman–Crippen LogP) is 3.33. The number of nitrogens with one attached hydrogen (secondary N) is 1. The van der Waals surface area contributed by atoms with Gasteiger partial charge in [-0.05, 0) is 12.8 Å². The highest BCUT2D eigenvalue weighted by Crippen LogP contribution is 2.27. The molecule has 0 amide bonds. The first-order valence-corrected chi connectivity index (χ1v) is 10.9. The van der Waals surface area contributed by atoms with E-state index in [0.717, 1.165) is 4.48 Å². The fraction of sp³-hybridized carbons (Fsp3) is 1.00. The molecule has 0 spiro atoms. The quantitative estimate of drug-likeness (QED) is 0.330. The SMILES string of the molecule is CCCCCCCC[N+](C)(C)C.O=S(=O)(NS(=O)(=O)C(F)(F)F)C(F)(F)F. The number of halogens is 6. The molecule has 166 valence electrons. The van der Waals surface area contributed by atoms with Crippen LogP contribution in [-0.4, -0.2) is 60.0 Å². The summed E-state index contributed by atoms with van der Waals surface area (Å²) in [6, 6.07) is 0. The van der Waals surface area contributed by atoms with Crippen molar-refractivity contribution in [2.45, 2.75) is 56.5 Å². The summed E-state index contributed by atoms with van der Waals surface area (Å²) in [7, 11) is -6.38. The van der Waals surface area contributed by atoms with Crippen molar-refractivity contribution in [3.8, 4) is 0 Å². The summed E-state index contributed by atoms with van der Waals surface area (Å²) in [6.07, 6.45) is 8.48. The molecule has 0 unspecified atom stereocenters. The highest BCUT2D eigenvalue weighted by atomic mass is 32.3. The molecule has 0 aliphatic heterocycles. The van der Waals surface area contributed by atoms with Gasteiger partial charge in [-0.15, -0.1) is 0 Å². The van der Waals surface area contributed by atoms with Gasteiger partial charge in [0.25, 0.3) is 0 Å². The highest BCUT2D eigenvalue weighted by molar-refractivity contribution is 8.05. The molecule has 0 saturated carbocycles. The van der Waals surface area contributed by atoms with E-state index < -0.39 is 35.2 Å². The second-order valence-corrected chi connectivity index (χ2v) is 10.4. The average Bonchev–Trinajstić information content (AvgIpc) is 2.38. The van der Waals surface area contributed by atoms with E-state index in [1.54, 1.807) is 0 Å². The fourth-order valence-electron chi connectivity index (χ4n) is 1.61. The normalized spacial score (nSPS) is 13.9. The van der Waals surface area contributed by atoms with E-state index in [1.165, 1.54) is 45.1 Å². The van der Waals surface area contributed by atoms with E-state index in [2.05, 4.69) is 28.1 Å². The molecule has 0 saturated heterocycles. The number of unbranched alkanes of at least 4 members (excludes halogenated alkanes) is 5. The molecule has 0 fully saturated rings. The zero-order valence-corrected chi connectivity index (χ0v) is 17.2. The van der Waals surface area contributed by atoms with Gasteiger partial charge in [0.2, 0.25) is 0 Å². The third-order valence-corrected chi connectivity index (χ3v) is 5.99. The Morgan fingerprint density at radius 1 is 0.704 bits per heavy atom. The fourth-order valence-corrected chi connectivity index (χ4v) is 3.52. The summed E-state index contributed by atoms with van der Waals surface area (Å²) in [5, 5.41) is 0. The van der Waals surface area contributed by atoms with E-state index in [-0.39, 0.29) is 0 Å². The van der Waals surface area contributed by atoms with Gasteiger partial charge in [0, 0.05) is 0 Å². The number of hydrogen-bond acceptors (Lipinski definition) is 4. The Labute approximate surface area is 156 Å². The summed E-state index contributed by atoms with van der Waals surface area (Å²) < 4.78 is 109. The molecule has 0 aliphatic carbocycles. The van der Waals surface area contributed by atoms with Crippen molar-refractivity contribution < 1.29 is 47.7 Å². The number of hydrogen-bond donors (Lipinski definition) is 1. The molecule has 0 rings (SSSR count). The minimum atomic E-state index is -6.60. The molecule has 14 heteroatoms. The maximum Gasteiger partial charge on any atom is 0.512 e. The van der Waals surface area contributed by atoms with Crippen LogP contribution in [0.4, 0.5) is 26.3 Å². The Morgan fingerprint density at radius 3 is 1.33 bits per heavy atom. The van der Waals surface area contributed by atoms with Gasteiger partial charge in [-0.3, -0.25) is 0 Å². The monoisotopic (exact) mass is 453 g/mol. The van der Waals surface area contributed by atoms with E-state index in [0.29, 0.717) is 0 Å². The Balaban J connectivity index is 0. The maximum atomic E-state index is 11.5. The standard InChI is InChI=1S/C11H26N.C2HF6NO4S2/c1-5-6-7-8-9-10-11-12(2,3)4;3-1(4,5)14(10,11)9-15(12,13)2(6,7)8/h5-11H2,1-4H3;9H/q+1;. The molecule has 6 nitrogen and oxygen atoms in total. The molecular weight excluding hydrogens is 426 g/mol. The molecule has 0 aromatic carbocycles. The second-order valence-electron chi connectivity index (χ2n) is 6.76. The highest BCUT2D eigenvalue weighted by Gasteiger charge is 2.55. The van der Waals surface area contributed by atoms with Crippen LogP contribution in [0.2, 0.25) is 0 Å². The zero-order chi connectivity index (χ0) is 22.2. The summed E-state index contributed by atoms with van der Waals surface area (Å²) >= 11 is 0. The van der Waals surface area contributed by atoms with Crippen molar-refractivity contribution in [1.82, 2.24) is 4.13 Å². The number of quaternary nitrogens is 1. The van der Waals surface area contributed by atoms with Gasteiger partial charge in [0.15, 0.2) is 0 Å². The molecule has 0 bridgehead atoms. The smallest absolute Gasteiger partial charge is 0.331 e. The van der Waals surface area contributed by atoms with E-state index in [1.807, 2.05) is 0 Å². The van der Waals surface area contributed by atoms with Gasteiger partial charge in [-0.2, -0.15) is 26.3 Å². The van der Waals surface area contributed by atoms with Crippen LogP contribution in [0.1, 0.15) is 45.4 Å².